The molecule has 0 N–H and O–H groups in total. The van der Waals surface area contributed by atoms with Crippen molar-refractivity contribution in [3.63, 3.8) is 0 Å². The zero-order valence-electron chi connectivity index (χ0n) is 15.6. The summed E-state index contributed by atoms with van der Waals surface area (Å²) in [4.78, 5) is 25.4. The zero-order valence-corrected chi connectivity index (χ0v) is 16.4. The number of hydrogen-bond acceptors (Lipinski definition) is 4. The quantitative estimate of drug-likeness (QED) is 0.825. The van der Waals surface area contributed by atoms with Crippen LogP contribution in [-0.4, -0.2) is 47.0 Å². The SMILES string of the molecule is CCC(=O)N1CCN(c2nc(C)nc(C)c2Cc2ccccc2Cl)CC1. The molecular weight excluding hydrogens is 348 g/mol. The molecular formula is C20H25ClN4O. The third-order valence-corrected chi connectivity index (χ3v) is 5.23. The molecule has 0 unspecified atom stereocenters. The number of amides is 1. The number of rotatable bonds is 4. The normalized spacial score (nSPS) is 14.6. The fraction of sp³-hybridized carbons (Fsp3) is 0.450. The Bertz CT molecular complexity index is 800. The first-order chi connectivity index (χ1) is 12.5. The van der Waals surface area contributed by atoms with Gasteiger partial charge in [-0.1, -0.05) is 36.7 Å². The first-order valence-corrected chi connectivity index (χ1v) is 9.47. The molecule has 0 spiro atoms. The Morgan fingerprint density at radius 1 is 1.12 bits per heavy atom. The second-order valence-corrected chi connectivity index (χ2v) is 7.06. The van der Waals surface area contributed by atoms with Crippen molar-refractivity contribution in [1.82, 2.24) is 14.9 Å². The van der Waals surface area contributed by atoms with Gasteiger partial charge in [-0.3, -0.25) is 4.79 Å². The van der Waals surface area contributed by atoms with E-state index in [0.29, 0.717) is 12.8 Å². The van der Waals surface area contributed by atoms with Crippen LogP contribution >= 0.6 is 11.6 Å². The summed E-state index contributed by atoms with van der Waals surface area (Å²) in [6.07, 6.45) is 1.26. The lowest BCUT2D eigenvalue weighted by molar-refractivity contribution is -0.131. The number of hydrogen-bond donors (Lipinski definition) is 0. The van der Waals surface area contributed by atoms with Gasteiger partial charge in [-0.2, -0.15) is 0 Å². The van der Waals surface area contributed by atoms with Gasteiger partial charge in [-0.05, 0) is 25.5 Å². The zero-order chi connectivity index (χ0) is 18.7. The lowest BCUT2D eigenvalue weighted by Crippen LogP contribution is -2.49. The fourth-order valence-corrected chi connectivity index (χ4v) is 3.61. The number of halogens is 1. The van der Waals surface area contributed by atoms with E-state index in [1.807, 2.05) is 49.9 Å². The molecule has 1 aromatic heterocycles. The molecule has 1 fully saturated rings. The maximum absolute atomic E-state index is 11.9. The highest BCUT2D eigenvalue weighted by molar-refractivity contribution is 6.31. The number of piperazine rings is 1. The summed E-state index contributed by atoms with van der Waals surface area (Å²) < 4.78 is 0. The lowest BCUT2D eigenvalue weighted by Gasteiger charge is -2.36. The molecule has 1 amide bonds. The highest BCUT2D eigenvalue weighted by Gasteiger charge is 2.24. The Morgan fingerprint density at radius 2 is 1.81 bits per heavy atom. The Labute approximate surface area is 160 Å². The standard InChI is InChI=1S/C20H25ClN4O/c1-4-19(26)24-9-11-25(12-10-24)20-17(14(2)22-15(3)23-20)13-16-7-5-6-8-18(16)21/h5-8H,4,9-13H2,1-3H3. The van der Waals surface area contributed by atoms with Crippen LogP contribution in [0.1, 0.15) is 36.0 Å². The highest BCUT2D eigenvalue weighted by atomic mass is 35.5. The number of carbonyl (C=O) groups is 1. The molecule has 138 valence electrons. The summed E-state index contributed by atoms with van der Waals surface area (Å²) >= 11 is 6.37. The molecule has 3 rings (SSSR count). The van der Waals surface area contributed by atoms with Gasteiger partial charge in [0, 0.05) is 55.3 Å². The summed E-state index contributed by atoms with van der Waals surface area (Å²) in [7, 11) is 0. The average molecular weight is 373 g/mol. The maximum Gasteiger partial charge on any atom is 0.222 e. The maximum atomic E-state index is 11.9. The van der Waals surface area contributed by atoms with E-state index in [9.17, 15) is 4.79 Å². The largest absolute Gasteiger partial charge is 0.353 e. The summed E-state index contributed by atoms with van der Waals surface area (Å²) in [5.41, 5.74) is 3.17. The summed E-state index contributed by atoms with van der Waals surface area (Å²) in [5.74, 6) is 1.96. The Hall–Kier alpha value is -2.14. The second-order valence-electron chi connectivity index (χ2n) is 6.65. The van der Waals surface area contributed by atoms with Crippen molar-refractivity contribution in [1.29, 1.82) is 0 Å². The molecule has 2 heterocycles. The molecule has 26 heavy (non-hydrogen) atoms. The summed E-state index contributed by atoms with van der Waals surface area (Å²) in [5, 5.41) is 0.761. The monoisotopic (exact) mass is 372 g/mol. The Morgan fingerprint density at radius 3 is 2.46 bits per heavy atom. The molecule has 0 saturated carbocycles. The van der Waals surface area contributed by atoms with Crippen LogP contribution in [0.3, 0.4) is 0 Å². The van der Waals surface area contributed by atoms with Crippen LogP contribution in [0.15, 0.2) is 24.3 Å². The van der Waals surface area contributed by atoms with Crippen LogP contribution in [0.5, 0.6) is 0 Å². The van der Waals surface area contributed by atoms with Crippen molar-refractivity contribution in [3.05, 3.63) is 51.9 Å². The van der Waals surface area contributed by atoms with E-state index in [2.05, 4.69) is 9.88 Å². The van der Waals surface area contributed by atoms with Crippen LogP contribution < -0.4 is 4.90 Å². The summed E-state index contributed by atoms with van der Waals surface area (Å²) in [6.45, 7) is 8.91. The van der Waals surface area contributed by atoms with E-state index < -0.39 is 0 Å². The molecule has 0 atom stereocenters. The minimum Gasteiger partial charge on any atom is -0.353 e. The fourth-order valence-electron chi connectivity index (χ4n) is 3.41. The van der Waals surface area contributed by atoms with Crippen LogP contribution in [-0.2, 0) is 11.2 Å². The predicted octanol–water partition coefficient (Wildman–Crippen LogP) is 3.40. The molecule has 1 aromatic carbocycles. The van der Waals surface area contributed by atoms with Crippen molar-refractivity contribution in [3.8, 4) is 0 Å². The number of benzene rings is 1. The van der Waals surface area contributed by atoms with Crippen LogP contribution in [0.4, 0.5) is 5.82 Å². The van der Waals surface area contributed by atoms with Gasteiger partial charge in [0.1, 0.15) is 11.6 Å². The highest BCUT2D eigenvalue weighted by Crippen LogP contribution is 2.27. The minimum atomic E-state index is 0.219. The van der Waals surface area contributed by atoms with Gasteiger partial charge in [0.2, 0.25) is 5.91 Å². The van der Waals surface area contributed by atoms with E-state index in [-0.39, 0.29) is 5.91 Å². The molecule has 0 bridgehead atoms. The van der Waals surface area contributed by atoms with Gasteiger partial charge in [0.15, 0.2) is 0 Å². The van der Waals surface area contributed by atoms with E-state index >= 15 is 0 Å². The Kier molecular flexibility index (Phi) is 5.77. The average Bonchev–Trinajstić information content (AvgIpc) is 2.64. The molecule has 6 heteroatoms. The van der Waals surface area contributed by atoms with Crippen molar-refractivity contribution >= 4 is 23.3 Å². The van der Waals surface area contributed by atoms with Gasteiger partial charge in [-0.15, -0.1) is 0 Å². The number of aromatic nitrogens is 2. The van der Waals surface area contributed by atoms with E-state index in [4.69, 9.17) is 16.6 Å². The van der Waals surface area contributed by atoms with Gasteiger partial charge in [-0.25, -0.2) is 9.97 Å². The molecule has 1 aliphatic heterocycles. The van der Waals surface area contributed by atoms with Gasteiger partial charge >= 0.3 is 0 Å². The first kappa shape index (κ1) is 18.6. The van der Waals surface area contributed by atoms with E-state index in [0.717, 1.165) is 59.7 Å². The predicted molar refractivity (Wildman–Crippen MR) is 105 cm³/mol. The van der Waals surface area contributed by atoms with Crippen molar-refractivity contribution in [2.24, 2.45) is 0 Å². The van der Waals surface area contributed by atoms with Gasteiger partial charge in [0.05, 0.1) is 0 Å². The van der Waals surface area contributed by atoms with Crippen molar-refractivity contribution < 1.29 is 4.79 Å². The molecule has 0 aliphatic carbocycles. The van der Waals surface area contributed by atoms with Crippen LogP contribution in [0.25, 0.3) is 0 Å². The van der Waals surface area contributed by atoms with E-state index in [1.54, 1.807) is 0 Å². The van der Waals surface area contributed by atoms with Gasteiger partial charge < -0.3 is 9.80 Å². The summed E-state index contributed by atoms with van der Waals surface area (Å²) in [6, 6.07) is 7.90. The first-order valence-electron chi connectivity index (χ1n) is 9.09. The van der Waals surface area contributed by atoms with Crippen molar-refractivity contribution in [2.75, 3.05) is 31.1 Å². The van der Waals surface area contributed by atoms with E-state index in [1.165, 1.54) is 0 Å². The van der Waals surface area contributed by atoms with Gasteiger partial charge in [0.25, 0.3) is 0 Å². The smallest absolute Gasteiger partial charge is 0.222 e. The van der Waals surface area contributed by atoms with Crippen LogP contribution in [0.2, 0.25) is 5.02 Å². The second kappa shape index (κ2) is 8.04. The number of nitrogens with zero attached hydrogens (tertiary/aromatic N) is 4. The topological polar surface area (TPSA) is 49.3 Å². The third kappa shape index (κ3) is 3.98. The number of anilines is 1. The molecule has 5 nitrogen and oxygen atoms in total. The Balaban J connectivity index is 1.88. The van der Waals surface area contributed by atoms with Crippen molar-refractivity contribution in [2.45, 2.75) is 33.6 Å². The van der Waals surface area contributed by atoms with Crippen LogP contribution in [0, 0.1) is 13.8 Å². The lowest BCUT2D eigenvalue weighted by atomic mass is 10.0. The minimum absolute atomic E-state index is 0.219. The molecule has 1 saturated heterocycles. The molecule has 0 radical (unpaired) electrons. The number of carbonyl (C=O) groups excluding carboxylic acids is 1. The number of aryl methyl sites for hydroxylation is 2. The molecule has 2 aromatic rings. The molecule has 1 aliphatic rings. The third-order valence-electron chi connectivity index (χ3n) is 4.86.